The van der Waals surface area contributed by atoms with Gasteiger partial charge in [-0.3, -0.25) is 19.2 Å². The number of rotatable bonds is 16. The number of hydrogen-bond acceptors (Lipinski definition) is 9. The number of urea groups is 1. The predicted molar refractivity (Wildman–Crippen MR) is 226 cm³/mol. The average molecular weight is 842 g/mol. The SMILES string of the molecule is C=CCNC(=O)C(=O)C(CCCC)CC(=O)[C@@H]1CC(OC(=O)N2CCc3ccccc3C2)CN1C(=O)[C@@H](NC(=O)NC1(CS(=O)(=O)C(C)(C)C)CCCCC1)C(C)(C)C. The number of carbonyl (C=O) groups is 6. The highest BCUT2D eigenvalue weighted by atomic mass is 32.2. The van der Waals surface area contributed by atoms with Gasteiger partial charge in [-0.1, -0.05) is 90.1 Å². The second-order valence-corrected chi connectivity index (χ2v) is 21.4. The van der Waals surface area contributed by atoms with E-state index in [4.69, 9.17) is 4.74 Å². The summed E-state index contributed by atoms with van der Waals surface area (Å²) in [6.45, 7) is 16.5. The Balaban J connectivity index is 1.61. The van der Waals surface area contributed by atoms with Gasteiger partial charge in [-0.2, -0.15) is 0 Å². The Labute approximate surface area is 350 Å². The normalized spacial score (nSPS) is 20.4. The molecule has 2 heterocycles. The third-order valence-electron chi connectivity index (χ3n) is 11.9. The Morgan fingerprint density at radius 3 is 2.27 bits per heavy atom. The summed E-state index contributed by atoms with van der Waals surface area (Å²) in [5, 5.41) is 8.33. The van der Waals surface area contributed by atoms with E-state index >= 15 is 0 Å². The maximum atomic E-state index is 14.8. The molecule has 328 valence electrons. The van der Waals surface area contributed by atoms with Crippen LogP contribution in [0, 0.1) is 11.3 Å². The zero-order chi connectivity index (χ0) is 43.8. The van der Waals surface area contributed by atoms with Gasteiger partial charge in [0.1, 0.15) is 12.1 Å². The van der Waals surface area contributed by atoms with Gasteiger partial charge in [-0.15, -0.1) is 6.58 Å². The van der Waals surface area contributed by atoms with Crippen LogP contribution >= 0.6 is 0 Å². The van der Waals surface area contributed by atoms with Gasteiger partial charge < -0.3 is 30.5 Å². The average Bonchev–Trinajstić information content (AvgIpc) is 3.59. The van der Waals surface area contributed by atoms with Crippen LogP contribution in [0.15, 0.2) is 36.9 Å². The summed E-state index contributed by atoms with van der Waals surface area (Å²) in [7, 11) is -3.63. The number of ether oxygens (including phenoxy) is 1. The van der Waals surface area contributed by atoms with Crippen molar-refractivity contribution in [1.82, 2.24) is 25.8 Å². The molecule has 2 unspecified atom stereocenters. The summed E-state index contributed by atoms with van der Waals surface area (Å²) < 4.78 is 31.9. The van der Waals surface area contributed by atoms with Crippen LogP contribution in [-0.4, -0.2) is 108 Å². The molecule has 59 heavy (non-hydrogen) atoms. The topological polar surface area (TPSA) is 188 Å². The molecule has 1 aromatic rings. The van der Waals surface area contributed by atoms with Crippen LogP contribution < -0.4 is 16.0 Å². The van der Waals surface area contributed by atoms with E-state index in [2.05, 4.69) is 22.5 Å². The molecule has 3 N–H and O–H groups in total. The van der Waals surface area contributed by atoms with Crippen molar-refractivity contribution in [1.29, 1.82) is 0 Å². The van der Waals surface area contributed by atoms with Gasteiger partial charge in [-0.25, -0.2) is 18.0 Å². The van der Waals surface area contributed by atoms with E-state index in [1.54, 1.807) is 46.4 Å². The lowest BCUT2D eigenvalue weighted by molar-refractivity contribution is -0.143. The number of nitrogens with zero attached hydrogens (tertiary/aromatic N) is 2. The summed E-state index contributed by atoms with van der Waals surface area (Å²) in [5.41, 5.74) is 0.242. The van der Waals surface area contributed by atoms with Gasteiger partial charge in [0.15, 0.2) is 15.6 Å². The van der Waals surface area contributed by atoms with Crippen molar-refractivity contribution in [2.24, 2.45) is 11.3 Å². The third kappa shape index (κ3) is 12.4. The highest BCUT2D eigenvalue weighted by Crippen LogP contribution is 2.34. The van der Waals surface area contributed by atoms with E-state index < -0.39 is 85.1 Å². The van der Waals surface area contributed by atoms with Crippen LogP contribution in [0.1, 0.15) is 124 Å². The van der Waals surface area contributed by atoms with Crippen molar-refractivity contribution < 1.29 is 41.9 Å². The Kier molecular flexibility index (Phi) is 16.0. The second kappa shape index (κ2) is 19.9. The summed E-state index contributed by atoms with van der Waals surface area (Å²) >= 11 is 0. The lowest BCUT2D eigenvalue weighted by Crippen LogP contribution is -2.63. The monoisotopic (exact) mass is 841 g/mol. The third-order valence-corrected chi connectivity index (χ3v) is 14.7. The molecule has 4 atom stereocenters. The van der Waals surface area contributed by atoms with Gasteiger partial charge in [0.05, 0.1) is 28.6 Å². The lowest BCUT2D eigenvalue weighted by atomic mass is 9.83. The molecule has 2 fully saturated rings. The summed E-state index contributed by atoms with van der Waals surface area (Å²) in [6, 6.07) is 4.85. The summed E-state index contributed by atoms with van der Waals surface area (Å²) in [5.74, 6) is -3.77. The van der Waals surface area contributed by atoms with E-state index in [1.807, 2.05) is 31.2 Å². The van der Waals surface area contributed by atoms with Crippen molar-refractivity contribution in [2.45, 2.75) is 154 Å². The number of amides is 5. The minimum atomic E-state index is -3.63. The molecule has 1 aliphatic carbocycles. The molecule has 3 aliphatic rings. The smallest absolute Gasteiger partial charge is 0.410 e. The van der Waals surface area contributed by atoms with E-state index in [-0.39, 0.29) is 38.1 Å². The van der Waals surface area contributed by atoms with E-state index in [0.29, 0.717) is 38.8 Å². The number of Topliss-reactive ketones (excluding diaryl/α,β-unsaturated/α-hetero) is 2. The molecular weight excluding hydrogens is 775 g/mol. The van der Waals surface area contributed by atoms with Crippen LogP contribution in [0.2, 0.25) is 0 Å². The molecule has 0 spiro atoms. The fourth-order valence-corrected chi connectivity index (χ4v) is 9.75. The molecule has 1 saturated carbocycles. The van der Waals surface area contributed by atoms with Crippen LogP contribution in [-0.2, 0) is 46.7 Å². The first-order chi connectivity index (χ1) is 27.6. The van der Waals surface area contributed by atoms with Crippen molar-refractivity contribution >= 4 is 45.3 Å². The van der Waals surface area contributed by atoms with Gasteiger partial charge >= 0.3 is 12.1 Å². The van der Waals surface area contributed by atoms with E-state index in [9.17, 15) is 37.2 Å². The zero-order valence-corrected chi connectivity index (χ0v) is 37.0. The molecule has 0 aromatic heterocycles. The van der Waals surface area contributed by atoms with Crippen molar-refractivity contribution in [3.8, 4) is 0 Å². The van der Waals surface area contributed by atoms with Crippen LogP contribution in [0.25, 0.3) is 0 Å². The summed E-state index contributed by atoms with van der Waals surface area (Å²) in [4.78, 5) is 85.7. The number of ketones is 2. The molecule has 14 nitrogen and oxygen atoms in total. The number of sulfone groups is 1. The van der Waals surface area contributed by atoms with Crippen LogP contribution in [0.4, 0.5) is 9.59 Å². The number of hydrogen-bond donors (Lipinski definition) is 3. The minimum absolute atomic E-state index is 0.0328. The molecular formula is C44H67N5O9S. The highest BCUT2D eigenvalue weighted by molar-refractivity contribution is 7.92. The maximum absolute atomic E-state index is 14.8. The fraction of sp³-hybridized carbons (Fsp3) is 0.682. The molecule has 2 aliphatic heterocycles. The number of nitrogens with one attached hydrogen (secondary N) is 3. The molecule has 5 amide bonds. The standard InChI is InChI=1S/C44H67N5O9S/c1-9-11-17-31(36(51)38(52)45-23-10-2)25-35(50)34-26-33(58-41(55)48-24-20-30-18-13-14-19-32(30)27-48)28-49(34)39(53)37(42(3,4)5)46-40(54)47-44(21-15-12-16-22-44)29-59(56,57)43(6,7)8/h10,13-14,18-19,31,33-34,37H,2,9,11-12,15-17,20-29H2,1,3-8H3,(H,45,52)(H2,46,47,54)/t31?,33?,34-,37+/m0/s1. The Bertz CT molecular complexity index is 1830. The first kappa shape index (κ1) is 47.4. The predicted octanol–water partition coefficient (Wildman–Crippen LogP) is 5.42. The largest absolute Gasteiger partial charge is 0.444 e. The van der Waals surface area contributed by atoms with Gasteiger partial charge in [0, 0.05) is 38.4 Å². The number of unbranched alkanes of at least 4 members (excludes halogenated alkanes) is 1. The fourth-order valence-electron chi connectivity index (χ4n) is 8.23. The van der Waals surface area contributed by atoms with E-state index in [0.717, 1.165) is 36.8 Å². The quantitative estimate of drug-likeness (QED) is 0.144. The Morgan fingerprint density at radius 1 is 1.00 bits per heavy atom. The Morgan fingerprint density at radius 2 is 1.66 bits per heavy atom. The van der Waals surface area contributed by atoms with Crippen LogP contribution in [0.3, 0.4) is 0 Å². The first-order valence-electron chi connectivity index (χ1n) is 21.2. The van der Waals surface area contributed by atoms with Gasteiger partial charge in [0.25, 0.3) is 5.91 Å². The lowest BCUT2D eigenvalue weighted by Gasteiger charge is -2.41. The molecule has 0 radical (unpaired) electrons. The number of likely N-dealkylation sites (tertiary alicyclic amines) is 1. The van der Waals surface area contributed by atoms with Crippen molar-refractivity contribution in [2.75, 3.05) is 25.4 Å². The van der Waals surface area contributed by atoms with E-state index in [1.165, 1.54) is 11.0 Å². The molecule has 1 saturated heterocycles. The van der Waals surface area contributed by atoms with Crippen molar-refractivity contribution in [3.63, 3.8) is 0 Å². The van der Waals surface area contributed by atoms with Crippen LogP contribution in [0.5, 0.6) is 0 Å². The maximum Gasteiger partial charge on any atom is 0.410 e. The van der Waals surface area contributed by atoms with Gasteiger partial charge in [0.2, 0.25) is 11.7 Å². The highest BCUT2D eigenvalue weighted by Gasteiger charge is 2.48. The first-order valence-corrected chi connectivity index (χ1v) is 22.9. The van der Waals surface area contributed by atoms with Crippen molar-refractivity contribution in [3.05, 3.63) is 48.0 Å². The molecule has 0 bridgehead atoms. The minimum Gasteiger partial charge on any atom is -0.444 e. The second-order valence-electron chi connectivity index (χ2n) is 18.7. The molecule has 4 rings (SSSR count). The molecule has 15 heteroatoms. The Hall–Kier alpha value is -4.27. The number of benzene rings is 1. The zero-order valence-electron chi connectivity index (χ0n) is 36.2. The van der Waals surface area contributed by atoms with Gasteiger partial charge in [-0.05, 0) is 63.0 Å². The summed E-state index contributed by atoms with van der Waals surface area (Å²) in [6.07, 6.45) is 5.23. The number of carbonyl (C=O) groups excluding carboxylic acids is 6. The molecule has 1 aromatic carbocycles. The number of fused-ring (bicyclic) bond motifs is 1.